The highest BCUT2D eigenvalue weighted by atomic mass is 16.5. The highest BCUT2D eigenvalue weighted by molar-refractivity contribution is 5.79. The second kappa shape index (κ2) is 8.31. The molecule has 0 bridgehead atoms. The van der Waals surface area contributed by atoms with Crippen molar-refractivity contribution in [3.8, 4) is 22.8 Å². The Morgan fingerprint density at radius 3 is 2.77 bits per heavy atom. The minimum absolute atomic E-state index is 0.0484. The van der Waals surface area contributed by atoms with Gasteiger partial charge in [-0.1, -0.05) is 0 Å². The molecule has 3 aromatic heterocycles. The van der Waals surface area contributed by atoms with Gasteiger partial charge >= 0.3 is 0 Å². The number of nitrogens with zero attached hydrogens (tertiary/aromatic N) is 5. The van der Waals surface area contributed by atoms with Gasteiger partial charge in [0, 0.05) is 50.8 Å². The van der Waals surface area contributed by atoms with Crippen LogP contribution in [0.1, 0.15) is 12.8 Å². The van der Waals surface area contributed by atoms with Crippen LogP contribution in [-0.2, 0) is 18.3 Å². The summed E-state index contributed by atoms with van der Waals surface area (Å²) in [5, 5.41) is 4.74. The summed E-state index contributed by atoms with van der Waals surface area (Å²) in [6.07, 6.45) is 8.93. The molecular formula is C23H23N5O3. The Hall–Kier alpha value is -3.52. The van der Waals surface area contributed by atoms with E-state index in [9.17, 15) is 4.79 Å². The van der Waals surface area contributed by atoms with Crippen molar-refractivity contribution in [2.45, 2.75) is 19.4 Å². The number of pyridine rings is 1. The number of fused-ring (bicyclic) bond motifs is 1. The standard InChI is InChI=1S/C23H23N5O3/c1-27-14-17(12-26-27)22-11-19(4-7-24-22)31-18-2-3-21-20(10-18)23(29)28(15-25-21)13-16-5-8-30-9-6-16/h2-4,7,10-12,14-16H,5-6,8-9,13H2,1H3. The van der Waals surface area contributed by atoms with Crippen LogP contribution in [0.3, 0.4) is 0 Å². The number of aryl methyl sites for hydroxylation is 1. The van der Waals surface area contributed by atoms with Crippen molar-refractivity contribution >= 4 is 10.9 Å². The second-order valence-electron chi connectivity index (χ2n) is 7.82. The Morgan fingerprint density at radius 2 is 1.97 bits per heavy atom. The average molecular weight is 417 g/mol. The predicted molar refractivity (Wildman–Crippen MR) is 116 cm³/mol. The van der Waals surface area contributed by atoms with Gasteiger partial charge in [-0.15, -0.1) is 0 Å². The van der Waals surface area contributed by atoms with Crippen LogP contribution in [0.5, 0.6) is 11.5 Å². The molecule has 8 nitrogen and oxygen atoms in total. The number of rotatable bonds is 5. The molecule has 8 heteroatoms. The van der Waals surface area contributed by atoms with E-state index in [1.165, 1.54) is 0 Å². The van der Waals surface area contributed by atoms with Crippen LogP contribution in [0, 0.1) is 5.92 Å². The molecule has 4 heterocycles. The van der Waals surface area contributed by atoms with Gasteiger partial charge in [-0.25, -0.2) is 4.98 Å². The number of aromatic nitrogens is 5. The number of benzene rings is 1. The van der Waals surface area contributed by atoms with Crippen LogP contribution in [0.2, 0.25) is 0 Å². The van der Waals surface area contributed by atoms with Crippen LogP contribution in [-0.4, -0.2) is 37.5 Å². The fraction of sp³-hybridized carbons (Fsp3) is 0.304. The largest absolute Gasteiger partial charge is 0.457 e. The summed E-state index contributed by atoms with van der Waals surface area (Å²) in [5.74, 6) is 1.66. The summed E-state index contributed by atoms with van der Waals surface area (Å²) < 4.78 is 14.9. The molecule has 0 unspecified atom stereocenters. The average Bonchev–Trinajstić information content (AvgIpc) is 3.23. The van der Waals surface area contributed by atoms with Gasteiger partial charge in [0.1, 0.15) is 11.5 Å². The van der Waals surface area contributed by atoms with Crippen LogP contribution >= 0.6 is 0 Å². The lowest BCUT2D eigenvalue weighted by Crippen LogP contribution is -2.27. The van der Waals surface area contributed by atoms with E-state index in [-0.39, 0.29) is 5.56 Å². The van der Waals surface area contributed by atoms with Gasteiger partial charge in [0.2, 0.25) is 0 Å². The zero-order valence-electron chi connectivity index (χ0n) is 17.3. The van der Waals surface area contributed by atoms with E-state index in [1.807, 2.05) is 31.4 Å². The first-order valence-electron chi connectivity index (χ1n) is 10.4. The summed E-state index contributed by atoms with van der Waals surface area (Å²) in [4.78, 5) is 21.9. The van der Waals surface area contributed by atoms with Crippen molar-refractivity contribution in [2.75, 3.05) is 13.2 Å². The van der Waals surface area contributed by atoms with Gasteiger partial charge in [0.05, 0.1) is 29.1 Å². The predicted octanol–water partition coefficient (Wildman–Crippen LogP) is 3.41. The van der Waals surface area contributed by atoms with E-state index in [0.717, 1.165) is 37.3 Å². The maximum atomic E-state index is 13.1. The van der Waals surface area contributed by atoms with Crippen LogP contribution in [0.4, 0.5) is 0 Å². The molecule has 0 N–H and O–H groups in total. The smallest absolute Gasteiger partial charge is 0.261 e. The van der Waals surface area contributed by atoms with Gasteiger partial charge in [-0.05, 0) is 43.0 Å². The van der Waals surface area contributed by atoms with Crippen molar-refractivity contribution in [3.63, 3.8) is 0 Å². The summed E-state index contributed by atoms with van der Waals surface area (Å²) >= 11 is 0. The zero-order chi connectivity index (χ0) is 21.2. The topological polar surface area (TPSA) is 84.1 Å². The molecule has 1 aromatic carbocycles. The summed E-state index contributed by atoms with van der Waals surface area (Å²) in [7, 11) is 1.86. The normalized spacial score (nSPS) is 14.7. The Kier molecular flexibility index (Phi) is 5.21. The van der Waals surface area contributed by atoms with E-state index in [4.69, 9.17) is 9.47 Å². The van der Waals surface area contributed by atoms with Crippen LogP contribution in [0.15, 0.2) is 60.0 Å². The lowest BCUT2D eigenvalue weighted by molar-refractivity contribution is 0.0609. The molecule has 158 valence electrons. The third kappa shape index (κ3) is 4.20. The monoisotopic (exact) mass is 417 g/mol. The molecule has 0 radical (unpaired) electrons. The molecule has 0 amide bonds. The molecule has 0 atom stereocenters. The number of hydrogen-bond acceptors (Lipinski definition) is 6. The molecule has 1 saturated heterocycles. The maximum Gasteiger partial charge on any atom is 0.261 e. The van der Waals surface area contributed by atoms with Crippen LogP contribution in [0.25, 0.3) is 22.2 Å². The van der Waals surface area contributed by atoms with Crippen molar-refractivity contribution in [3.05, 3.63) is 65.6 Å². The first kappa shape index (κ1) is 19.4. The molecule has 1 aliphatic heterocycles. The van der Waals surface area contributed by atoms with Crippen molar-refractivity contribution < 1.29 is 9.47 Å². The first-order chi connectivity index (χ1) is 15.2. The van der Waals surface area contributed by atoms with Gasteiger partial charge < -0.3 is 9.47 Å². The summed E-state index contributed by atoms with van der Waals surface area (Å²) in [5.41, 5.74) is 2.29. The quantitative estimate of drug-likeness (QED) is 0.495. The molecule has 5 rings (SSSR count). The molecule has 1 aliphatic rings. The van der Waals surface area contributed by atoms with Crippen LogP contribution < -0.4 is 10.3 Å². The number of ether oxygens (including phenoxy) is 2. The molecule has 0 spiro atoms. The van der Waals surface area contributed by atoms with Gasteiger partial charge in [-0.3, -0.25) is 19.0 Å². The minimum atomic E-state index is -0.0484. The van der Waals surface area contributed by atoms with Crippen molar-refractivity contribution in [2.24, 2.45) is 13.0 Å². The molecular weight excluding hydrogens is 394 g/mol. The third-order valence-electron chi connectivity index (χ3n) is 5.56. The Morgan fingerprint density at radius 1 is 1.13 bits per heavy atom. The maximum absolute atomic E-state index is 13.1. The van der Waals surface area contributed by atoms with Gasteiger partial charge in [0.15, 0.2) is 0 Å². The van der Waals surface area contributed by atoms with E-state index < -0.39 is 0 Å². The SMILES string of the molecule is Cn1cc(-c2cc(Oc3ccc4ncn(CC5CCOCC5)c(=O)c4c3)ccn2)cn1. The second-order valence-corrected chi connectivity index (χ2v) is 7.82. The number of hydrogen-bond donors (Lipinski definition) is 0. The van der Waals surface area contributed by atoms with Gasteiger partial charge in [0.25, 0.3) is 5.56 Å². The lowest BCUT2D eigenvalue weighted by Gasteiger charge is -2.22. The Balaban J connectivity index is 1.41. The Bertz CT molecular complexity index is 1270. The fourth-order valence-corrected chi connectivity index (χ4v) is 3.86. The minimum Gasteiger partial charge on any atom is -0.457 e. The molecule has 0 saturated carbocycles. The summed E-state index contributed by atoms with van der Waals surface area (Å²) in [6, 6.07) is 9.04. The summed E-state index contributed by atoms with van der Waals surface area (Å²) in [6.45, 7) is 2.17. The third-order valence-corrected chi connectivity index (χ3v) is 5.56. The molecule has 4 aromatic rings. The van der Waals surface area contributed by atoms with Gasteiger partial charge in [-0.2, -0.15) is 5.10 Å². The highest BCUT2D eigenvalue weighted by Gasteiger charge is 2.16. The van der Waals surface area contributed by atoms with E-state index in [1.54, 1.807) is 40.1 Å². The highest BCUT2D eigenvalue weighted by Crippen LogP contribution is 2.27. The molecule has 0 aliphatic carbocycles. The fourth-order valence-electron chi connectivity index (χ4n) is 3.86. The van der Waals surface area contributed by atoms with Crippen molar-refractivity contribution in [1.29, 1.82) is 0 Å². The molecule has 1 fully saturated rings. The Labute approximate surface area is 179 Å². The first-order valence-corrected chi connectivity index (χ1v) is 10.4. The molecule has 31 heavy (non-hydrogen) atoms. The lowest BCUT2D eigenvalue weighted by atomic mass is 10.0. The zero-order valence-corrected chi connectivity index (χ0v) is 17.3. The van der Waals surface area contributed by atoms with E-state index >= 15 is 0 Å². The van der Waals surface area contributed by atoms with Crippen molar-refractivity contribution in [1.82, 2.24) is 24.3 Å². The van der Waals surface area contributed by atoms with E-state index in [2.05, 4.69) is 15.1 Å². The van der Waals surface area contributed by atoms with E-state index in [0.29, 0.717) is 34.9 Å².